The molecule has 6 nitrogen and oxygen atoms in total. The third kappa shape index (κ3) is 3.85. The maximum Gasteiger partial charge on any atom is 0.289 e. The number of hydrogen-bond acceptors (Lipinski definition) is 5. The number of carbonyl (C=O) groups is 1. The van der Waals surface area contributed by atoms with Crippen LogP contribution in [0.4, 0.5) is 10.2 Å². The smallest absolute Gasteiger partial charge is 0.289 e. The first kappa shape index (κ1) is 19.1. The highest BCUT2D eigenvalue weighted by atomic mass is 19.1. The van der Waals surface area contributed by atoms with Crippen LogP contribution in [-0.4, -0.2) is 47.0 Å². The van der Waals surface area contributed by atoms with E-state index in [4.69, 9.17) is 9.40 Å². The minimum absolute atomic E-state index is 0.0929. The van der Waals surface area contributed by atoms with E-state index >= 15 is 0 Å². The zero-order chi connectivity index (χ0) is 20.4. The van der Waals surface area contributed by atoms with Crippen LogP contribution >= 0.6 is 0 Å². The first-order chi connectivity index (χ1) is 14.1. The molecule has 0 N–H and O–H groups in total. The van der Waals surface area contributed by atoms with Crippen molar-refractivity contribution in [2.75, 3.05) is 31.1 Å². The van der Waals surface area contributed by atoms with Gasteiger partial charge < -0.3 is 14.2 Å². The maximum atomic E-state index is 13.7. The fraction of sp³-hybridized carbons (Fsp3) is 0.318. The molecule has 1 fully saturated rings. The average Bonchev–Trinajstić information content (AvgIpc) is 3.28. The van der Waals surface area contributed by atoms with Crippen LogP contribution in [0.3, 0.4) is 0 Å². The molecule has 1 aliphatic heterocycles. The van der Waals surface area contributed by atoms with E-state index in [2.05, 4.69) is 16.8 Å². The summed E-state index contributed by atoms with van der Waals surface area (Å²) in [6.45, 7) is 6.54. The van der Waals surface area contributed by atoms with Gasteiger partial charge in [0.1, 0.15) is 11.6 Å². The normalized spacial score (nSPS) is 14.3. The monoisotopic (exact) mass is 394 g/mol. The Labute approximate surface area is 169 Å². The average molecular weight is 394 g/mol. The van der Waals surface area contributed by atoms with Gasteiger partial charge in [-0.3, -0.25) is 4.79 Å². The van der Waals surface area contributed by atoms with Crippen molar-refractivity contribution in [2.24, 2.45) is 0 Å². The third-order valence-corrected chi connectivity index (χ3v) is 5.23. The van der Waals surface area contributed by atoms with Gasteiger partial charge in [0.15, 0.2) is 11.6 Å². The van der Waals surface area contributed by atoms with Gasteiger partial charge in [0.25, 0.3) is 5.91 Å². The summed E-state index contributed by atoms with van der Waals surface area (Å²) < 4.78 is 18.9. The fourth-order valence-corrected chi connectivity index (χ4v) is 3.69. The lowest BCUT2D eigenvalue weighted by atomic mass is 10.1. The number of nitrogens with zero attached hydrogens (tertiary/aromatic N) is 4. The van der Waals surface area contributed by atoms with Crippen molar-refractivity contribution >= 4 is 11.7 Å². The quantitative estimate of drug-likeness (QED) is 0.675. The van der Waals surface area contributed by atoms with Gasteiger partial charge in [-0.25, -0.2) is 14.4 Å². The molecule has 1 saturated heterocycles. The summed E-state index contributed by atoms with van der Waals surface area (Å²) in [5.74, 6) is 1.34. The molecule has 3 aromatic rings. The summed E-state index contributed by atoms with van der Waals surface area (Å²) in [4.78, 5) is 25.9. The first-order valence-electron chi connectivity index (χ1n) is 9.78. The first-order valence-corrected chi connectivity index (χ1v) is 9.78. The second-order valence-electron chi connectivity index (χ2n) is 7.06. The molecule has 0 bridgehead atoms. The highest BCUT2D eigenvalue weighted by Crippen LogP contribution is 2.27. The number of hydrogen-bond donors (Lipinski definition) is 0. The summed E-state index contributed by atoms with van der Waals surface area (Å²) >= 11 is 0. The Morgan fingerprint density at radius 3 is 2.59 bits per heavy atom. The van der Waals surface area contributed by atoms with Gasteiger partial charge in [-0.1, -0.05) is 19.1 Å². The van der Waals surface area contributed by atoms with E-state index in [-0.39, 0.29) is 11.7 Å². The van der Waals surface area contributed by atoms with Crippen molar-refractivity contribution < 1.29 is 13.6 Å². The third-order valence-electron chi connectivity index (χ3n) is 5.23. The van der Waals surface area contributed by atoms with E-state index in [1.54, 1.807) is 23.1 Å². The Hall–Kier alpha value is -3.22. The summed E-state index contributed by atoms with van der Waals surface area (Å²) in [7, 11) is 0. The van der Waals surface area contributed by atoms with E-state index in [1.807, 2.05) is 13.0 Å². The molecule has 2 aromatic heterocycles. The van der Waals surface area contributed by atoms with E-state index in [1.165, 1.54) is 18.4 Å². The molecule has 150 valence electrons. The lowest BCUT2D eigenvalue weighted by molar-refractivity contribution is 0.0714. The minimum atomic E-state index is -0.310. The minimum Gasteiger partial charge on any atom is -0.459 e. The Morgan fingerprint density at radius 2 is 1.93 bits per heavy atom. The molecule has 0 atom stereocenters. The Kier molecular flexibility index (Phi) is 5.29. The highest BCUT2D eigenvalue weighted by molar-refractivity contribution is 5.91. The van der Waals surface area contributed by atoms with Crippen LogP contribution < -0.4 is 4.90 Å². The van der Waals surface area contributed by atoms with E-state index in [0.717, 1.165) is 23.5 Å². The van der Waals surface area contributed by atoms with Crippen molar-refractivity contribution in [1.29, 1.82) is 0 Å². The van der Waals surface area contributed by atoms with Crippen LogP contribution in [0.25, 0.3) is 11.4 Å². The van der Waals surface area contributed by atoms with Crippen molar-refractivity contribution in [1.82, 2.24) is 14.9 Å². The van der Waals surface area contributed by atoms with Crippen LogP contribution in [0.1, 0.15) is 28.7 Å². The predicted molar refractivity (Wildman–Crippen MR) is 108 cm³/mol. The number of benzene rings is 1. The number of aromatic nitrogens is 2. The van der Waals surface area contributed by atoms with E-state index < -0.39 is 0 Å². The van der Waals surface area contributed by atoms with Gasteiger partial charge in [0.05, 0.1) is 6.26 Å². The van der Waals surface area contributed by atoms with Crippen LogP contribution in [0.15, 0.2) is 47.1 Å². The summed E-state index contributed by atoms with van der Waals surface area (Å²) in [6.07, 6.45) is 2.31. The molecule has 29 heavy (non-hydrogen) atoms. The van der Waals surface area contributed by atoms with Gasteiger partial charge in [0, 0.05) is 43.0 Å². The van der Waals surface area contributed by atoms with Crippen LogP contribution in [-0.2, 0) is 6.42 Å². The number of anilines is 1. The van der Waals surface area contributed by atoms with Crippen molar-refractivity contribution in [3.05, 3.63) is 65.5 Å². The molecule has 0 aliphatic carbocycles. The number of furan rings is 1. The molecule has 0 saturated carbocycles. The van der Waals surface area contributed by atoms with Gasteiger partial charge in [-0.2, -0.15) is 0 Å². The number of halogens is 1. The van der Waals surface area contributed by atoms with E-state index in [9.17, 15) is 9.18 Å². The summed E-state index contributed by atoms with van der Waals surface area (Å²) in [5.41, 5.74) is 2.63. The Balaban J connectivity index is 1.59. The standard InChI is InChI=1S/C22H23FN4O2/c1-3-18-15(2)24-20(16-6-4-7-17(23)14-16)25-21(18)26-9-11-27(12-10-26)22(28)19-8-5-13-29-19/h4-8,13-14H,3,9-12H2,1-2H3. The van der Waals surface area contributed by atoms with Gasteiger partial charge >= 0.3 is 0 Å². The number of amides is 1. The molecule has 1 aliphatic rings. The topological polar surface area (TPSA) is 62.5 Å². The largest absolute Gasteiger partial charge is 0.459 e. The second-order valence-corrected chi connectivity index (χ2v) is 7.06. The highest BCUT2D eigenvalue weighted by Gasteiger charge is 2.26. The number of rotatable bonds is 4. The predicted octanol–water partition coefficient (Wildman–Crippen LogP) is 3.71. The van der Waals surface area contributed by atoms with Gasteiger partial charge in [0.2, 0.25) is 0 Å². The molecule has 4 rings (SSSR count). The lowest BCUT2D eigenvalue weighted by Gasteiger charge is -2.36. The lowest BCUT2D eigenvalue weighted by Crippen LogP contribution is -2.49. The van der Waals surface area contributed by atoms with Crippen molar-refractivity contribution in [3.8, 4) is 11.4 Å². The fourth-order valence-electron chi connectivity index (χ4n) is 3.69. The Morgan fingerprint density at radius 1 is 1.14 bits per heavy atom. The molecule has 1 amide bonds. The molecule has 0 unspecified atom stereocenters. The molecule has 3 heterocycles. The Bertz CT molecular complexity index is 1010. The second kappa shape index (κ2) is 8.03. The zero-order valence-electron chi connectivity index (χ0n) is 16.6. The summed E-state index contributed by atoms with van der Waals surface area (Å²) in [6, 6.07) is 9.73. The molecule has 7 heteroatoms. The number of piperazine rings is 1. The van der Waals surface area contributed by atoms with Crippen molar-refractivity contribution in [2.45, 2.75) is 20.3 Å². The van der Waals surface area contributed by atoms with E-state index in [0.29, 0.717) is 43.3 Å². The van der Waals surface area contributed by atoms with Crippen molar-refractivity contribution in [3.63, 3.8) is 0 Å². The molecule has 0 spiro atoms. The van der Waals surface area contributed by atoms with Gasteiger partial charge in [-0.15, -0.1) is 0 Å². The summed E-state index contributed by atoms with van der Waals surface area (Å²) in [5, 5.41) is 0. The SMILES string of the molecule is CCc1c(C)nc(-c2cccc(F)c2)nc1N1CCN(C(=O)c2ccco2)CC1. The zero-order valence-corrected chi connectivity index (χ0v) is 16.6. The van der Waals surface area contributed by atoms with Crippen LogP contribution in [0.2, 0.25) is 0 Å². The van der Waals surface area contributed by atoms with Gasteiger partial charge in [-0.05, 0) is 37.6 Å². The molecule has 1 aromatic carbocycles. The maximum absolute atomic E-state index is 13.7. The molecular formula is C22H23FN4O2. The molecular weight excluding hydrogens is 371 g/mol. The van der Waals surface area contributed by atoms with Crippen LogP contribution in [0.5, 0.6) is 0 Å². The van der Waals surface area contributed by atoms with Crippen LogP contribution in [0, 0.1) is 12.7 Å². The number of aryl methyl sites for hydroxylation is 1. The molecule has 0 radical (unpaired) electrons. The number of carbonyl (C=O) groups excluding carboxylic acids is 1.